The molecule has 3 heterocycles. The molecule has 5 nitrogen and oxygen atoms in total. The van der Waals surface area contributed by atoms with Crippen molar-refractivity contribution in [1.29, 1.82) is 0 Å². The molecule has 4 aromatic rings. The standard InChI is InChI=1S/C19H14F2N4O/c1-11-2-12(8-22-7-11)10-25-17-5-14(9-23-18(17)24-19(25)26)13-3-15(20)6-16(21)4-13/h2-9H,10H2,1H3,(H,23,24,26). The van der Waals surface area contributed by atoms with Gasteiger partial charge >= 0.3 is 5.69 Å². The van der Waals surface area contributed by atoms with E-state index in [-0.39, 0.29) is 5.69 Å². The Bertz CT molecular complexity index is 1160. The minimum atomic E-state index is -0.669. The van der Waals surface area contributed by atoms with Crippen LogP contribution in [0.3, 0.4) is 0 Å². The Morgan fingerprint density at radius 2 is 1.77 bits per heavy atom. The molecule has 1 N–H and O–H groups in total. The number of imidazole rings is 1. The van der Waals surface area contributed by atoms with Crippen LogP contribution in [0.2, 0.25) is 0 Å². The minimum Gasteiger partial charge on any atom is -0.290 e. The van der Waals surface area contributed by atoms with Gasteiger partial charge in [-0.05, 0) is 41.8 Å². The number of aryl methyl sites for hydroxylation is 1. The summed E-state index contributed by atoms with van der Waals surface area (Å²) in [6.45, 7) is 2.24. The van der Waals surface area contributed by atoms with Crippen molar-refractivity contribution in [1.82, 2.24) is 19.5 Å². The molecule has 26 heavy (non-hydrogen) atoms. The maximum Gasteiger partial charge on any atom is 0.327 e. The lowest BCUT2D eigenvalue weighted by Crippen LogP contribution is -2.17. The average Bonchev–Trinajstić information content (AvgIpc) is 2.89. The topological polar surface area (TPSA) is 63.6 Å². The van der Waals surface area contributed by atoms with E-state index in [9.17, 15) is 13.6 Å². The number of fused-ring (bicyclic) bond motifs is 1. The summed E-state index contributed by atoms with van der Waals surface area (Å²) in [5, 5.41) is 0. The van der Waals surface area contributed by atoms with Crippen LogP contribution in [0.4, 0.5) is 8.78 Å². The average molecular weight is 352 g/mol. The van der Waals surface area contributed by atoms with E-state index < -0.39 is 11.6 Å². The highest BCUT2D eigenvalue weighted by molar-refractivity contribution is 5.78. The maximum absolute atomic E-state index is 13.5. The molecule has 0 aliphatic heterocycles. The van der Waals surface area contributed by atoms with Crippen LogP contribution in [-0.4, -0.2) is 19.5 Å². The van der Waals surface area contributed by atoms with Gasteiger partial charge in [0, 0.05) is 30.2 Å². The Labute approximate surface area is 147 Å². The predicted molar refractivity (Wildman–Crippen MR) is 93.8 cm³/mol. The first-order valence-corrected chi connectivity index (χ1v) is 7.95. The van der Waals surface area contributed by atoms with E-state index in [1.165, 1.54) is 22.9 Å². The number of benzene rings is 1. The van der Waals surface area contributed by atoms with E-state index in [2.05, 4.69) is 15.0 Å². The van der Waals surface area contributed by atoms with Crippen molar-refractivity contribution in [3.63, 3.8) is 0 Å². The number of rotatable bonds is 3. The van der Waals surface area contributed by atoms with Crippen molar-refractivity contribution in [3.05, 3.63) is 82.2 Å². The Morgan fingerprint density at radius 1 is 1.00 bits per heavy atom. The highest BCUT2D eigenvalue weighted by atomic mass is 19.1. The number of nitrogens with zero attached hydrogens (tertiary/aromatic N) is 3. The summed E-state index contributed by atoms with van der Waals surface area (Å²) in [7, 11) is 0. The first-order chi connectivity index (χ1) is 12.5. The molecule has 0 aliphatic rings. The van der Waals surface area contributed by atoms with Gasteiger partial charge in [-0.1, -0.05) is 6.07 Å². The van der Waals surface area contributed by atoms with Crippen molar-refractivity contribution >= 4 is 11.2 Å². The van der Waals surface area contributed by atoms with Crippen LogP contribution in [0.5, 0.6) is 0 Å². The van der Waals surface area contributed by atoms with E-state index in [1.807, 2.05) is 13.0 Å². The van der Waals surface area contributed by atoms with Crippen molar-refractivity contribution < 1.29 is 8.78 Å². The molecule has 0 spiro atoms. The number of aromatic nitrogens is 4. The maximum atomic E-state index is 13.5. The fourth-order valence-electron chi connectivity index (χ4n) is 2.96. The monoisotopic (exact) mass is 352 g/mol. The zero-order valence-electron chi connectivity index (χ0n) is 13.8. The third-order valence-electron chi connectivity index (χ3n) is 4.10. The van der Waals surface area contributed by atoms with Crippen molar-refractivity contribution in [2.24, 2.45) is 0 Å². The quantitative estimate of drug-likeness (QED) is 0.614. The molecular formula is C19H14F2N4O. The summed E-state index contributed by atoms with van der Waals surface area (Å²) in [6.07, 6.45) is 4.90. The normalized spacial score (nSPS) is 11.2. The van der Waals surface area contributed by atoms with Gasteiger partial charge < -0.3 is 0 Å². The molecule has 0 unspecified atom stereocenters. The van der Waals surface area contributed by atoms with Crippen LogP contribution < -0.4 is 5.69 Å². The van der Waals surface area contributed by atoms with Crippen LogP contribution in [0.15, 0.2) is 53.7 Å². The number of hydrogen-bond donors (Lipinski definition) is 1. The molecule has 0 radical (unpaired) electrons. The predicted octanol–water partition coefficient (Wildman–Crippen LogP) is 3.42. The zero-order valence-corrected chi connectivity index (χ0v) is 13.8. The molecular weight excluding hydrogens is 338 g/mol. The number of H-pyrrole nitrogens is 1. The van der Waals surface area contributed by atoms with Crippen LogP contribution in [-0.2, 0) is 6.54 Å². The molecule has 0 amide bonds. The molecule has 3 aromatic heterocycles. The van der Waals surface area contributed by atoms with Gasteiger partial charge in [0.05, 0.1) is 12.1 Å². The van der Waals surface area contributed by atoms with Gasteiger partial charge in [-0.2, -0.15) is 0 Å². The summed E-state index contributed by atoms with van der Waals surface area (Å²) in [5.41, 5.74) is 3.39. The lowest BCUT2D eigenvalue weighted by molar-refractivity contribution is 0.584. The van der Waals surface area contributed by atoms with Crippen molar-refractivity contribution in [2.45, 2.75) is 13.5 Å². The Morgan fingerprint density at radius 3 is 2.50 bits per heavy atom. The van der Waals surface area contributed by atoms with Gasteiger partial charge in [-0.25, -0.2) is 18.6 Å². The van der Waals surface area contributed by atoms with E-state index in [0.29, 0.717) is 28.8 Å². The summed E-state index contributed by atoms with van der Waals surface area (Å²) >= 11 is 0. The molecule has 130 valence electrons. The molecule has 0 fully saturated rings. The summed E-state index contributed by atoms with van der Waals surface area (Å²) < 4.78 is 28.5. The van der Waals surface area contributed by atoms with E-state index in [4.69, 9.17) is 0 Å². The lowest BCUT2D eigenvalue weighted by Gasteiger charge is -2.06. The van der Waals surface area contributed by atoms with Gasteiger partial charge in [0.25, 0.3) is 0 Å². The molecule has 0 aliphatic carbocycles. The number of aromatic amines is 1. The van der Waals surface area contributed by atoms with Gasteiger partial charge in [0.1, 0.15) is 11.6 Å². The Balaban J connectivity index is 1.83. The summed E-state index contributed by atoms with van der Waals surface area (Å²) in [6, 6.07) is 6.90. The number of nitrogens with one attached hydrogen (secondary N) is 1. The van der Waals surface area contributed by atoms with Gasteiger partial charge in [-0.15, -0.1) is 0 Å². The van der Waals surface area contributed by atoms with E-state index in [0.717, 1.165) is 17.2 Å². The van der Waals surface area contributed by atoms with Crippen molar-refractivity contribution in [3.8, 4) is 11.1 Å². The second kappa shape index (κ2) is 6.18. The highest BCUT2D eigenvalue weighted by Gasteiger charge is 2.11. The smallest absolute Gasteiger partial charge is 0.290 e. The third kappa shape index (κ3) is 2.99. The highest BCUT2D eigenvalue weighted by Crippen LogP contribution is 2.24. The molecule has 0 saturated heterocycles. The largest absolute Gasteiger partial charge is 0.327 e. The van der Waals surface area contributed by atoms with E-state index >= 15 is 0 Å². The summed E-state index contributed by atoms with van der Waals surface area (Å²) in [4.78, 5) is 23.4. The first-order valence-electron chi connectivity index (χ1n) is 7.95. The number of halogens is 2. The molecule has 1 aromatic carbocycles. The minimum absolute atomic E-state index is 0.309. The lowest BCUT2D eigenvalue weighted by atomic mass is 10.1. The Hall–Kier alpha value is -3.35. The molecule has 0 saturated carbocycles. The second-order valence-corrected chi connectivity index (χ2v) is 6.14. The molecule has 7 heteroatoms. The Kier molecular flexibility index (Phi) is 3.84. The SMILES string of the molecule is Cc1cncc(Cn2c(=O)[nH]c3ncc(-c4cc(F)cc(F)c4)cc32)c1. The van der Waals surface area contributed by atoms with Crippen LogP contribution in [0.1, 0.15) is 11.1 Å². The third-order valence-corrected chi connectivity index (χ3v) is 4.10. The van der Waals surface area contributed by atoms with Crippen LogP contribution in [0, 0.1) is 18.6 Å². The van der Waals surface area contributed by atoms with Crippen molar-refractivity contribution in [2.75, 3.05) is 0 Å². The first kappa shape index (κ1) is 16.1. The molecule has 4 rings (SSSR count). The summed E-state index contributed by atoms with van der Waals surface area (Å²) in [5.74, 6) is -1.34. The molecule has 0 bridgehead atoms. The molecule has 0 atom stereocenters. The van der Waals surface area contributed by atoms with Crippen LogP contribution >= 0.6 is 0 Å². The van der Waals surface area contributed by atoms with Gasteiger partial charge in [0.15, 0.2) is 5.65 Å². The van der Waals surface area contributed by atoms with Gasteiger partial charge in [-0.3, -0.25) is 14.5 Å². The van der Waals surface area contributed by atoms with Crippen LogP contribution in [0.25, 0.3) is 22.3 Å². The van der Waals surface area contributed by atoms with Gasteiger partial charge in [0.2, 0.25) is 0 Å². The van der Waals surface area contributed by atoms with E-state index in [1.54, 1.807) is 18.5 Å². The number of pyridine rings is 2. The zero-order chi connectivity index (χ0) is 18.3. The second-order valence-electron chi connectivity index (χ2n) is 6.14. The number of hydrogen-bond acceptors (Lipinski definition) is 3. The fraction of sp³-hybridized carbons (Fsp3) is 0.105. The fourth-order valence-corrected chi connectivity index (χ4v) is 2.96.